The molecule has 24 heavy (non-hydrogen) atoms. The summed E-state index contributed by atoms with van der Waals surface area (Å²) in [6.07, 6.45) is 2.99. The number of carbonyl (C=O) groups excluding carboxylic acids is 3. The lowest BCUT2D eigenvalue weighted by atomic mass is 10.1. The van der Waals surface area contributed by atoms with Crippen molar-refractivity contribution in [3.05, 3.63) is 47.5 Å². The Morgan fingerprint density at radius 2 is 1.79 bits per heavy atom. The van der Waals surface area contributed by atoms with Gasteiger partial charge in [-0.1, -0.05) is 31.5 Å². The monoisotopic (exact) mass is 332 g/mol. The molecule has 0 aliphatic carbocycles. The second kappa shape index (κ2) is 10.4. The molecule has 0 N–H and O–H groups in total. The summed E-state index contributed by atoms with van der Waals surface area (Å²) >= 11 is 0. The maximum atomic E-state index is 12.2. The molecule has 0 fully saturated rings. The van der Waals surface area contributed by atoms with Crippen LogP contribution < -0.4 is 0 Å². The highest BCUT2D eigenvalue weighted by atomic mass is 16.5. The van der Waals surface area contributed by atoms with Crippen molar-refractivity contribution < 1.29 is 23.9 Å². The van der Waals surface area contributed by atoms with Crippen LogP contribution in [0.15, 0.2) is 42.0 Å². The number of carbonyl (C=O) groups is 3. The van der Waals surface area contributed by atoms with Crippen molar-refractivity contribution in [1.82, 2.24) is 0 Å². The zero-order chi connectivity index (χ0) is 17.9. The quantitative estimate of drug-likeness (QED) is 0.300. The lowest BCUT2D eigenvalue weighted by molar-refractivity contribution is -0.139. The molecule has 5 nitrogen and oxygen atoms in total. The summed E-state index contributed by atoms with van der Waals surface area (Å²) in [6, 6.07) is 8.60. The van der Waals surface area contributed by atoms with Gasteiger partial charge < -0.3 is 9.47 Å². The van der Waals surface area contributed by atoms with Gasteiger partial charge in [0.05, 0.1) is 12.2 Å². The SMILES string of the molecule is CCCCC(/C=C(/C(C)=O)C(=O)OCC)OC(=O)c1ccccc1. The molecule has 1 atom stereocenters. The van der Waals surface area contributed by atoms with E-state index >= 15 is 0 Å². The maximum absolute atomic E-state index is 12.2. The summed E-state index contributed by atoms with van der Waals surface area (Å²) in [4.78, 5) is 35.8. The molecule has 5 heteroatoms. The number of ketones is 1. The molecule has 0 bridgehead atoms. The Balaban J connectivity index is 2.97. The lowest BCUT2D eigenvalue weighted by Crippen LogP contribution is -2.21. The molecule has 1 aromatic rings. The number of ether oxygens (including phenoxy) is 2. The van der Waals surface area contributed by atoms with Gasteiger partial charge in [-0.15, -0.1) is 0 Å². The highest BCUT2D eigenvalue weighted by Crippen LogP contribution is 2.14. The Morgan fingerprint density at radius 1 is 1.12 bits per heavy atom. The Kier molecular flexibility index (Phi) is 8.47. The summed E-state index contributed by atoms with van der Waals surface area (Å²) in [5.74, 6) is -1.59. The molecule has 0 saturated heterocycles. The Hall–Kier alpha value is -2.43. The number of esters is 2. The second-order valence-electron chi connectivity index (χ2n) is 5.31. The smallest absolute Gasteiger partial charge is 0.341 e. The summed E-state index contributed by atoms with van der Waals surface area (Å²) in [5.41, 5.74) is 0.340. The average molecular weight is 332 g/mol. The van der Waals surface area contributed by atoms with E-state index in [-0.39, 0.29) is 12.2 Å². The van der Waals surface area contributed by atoms with Crippen molar-refractivity contribution in [2.75, 3.05) is 6.61 Å². The number of benzene rings is 1. The van der Waals surface area contributed by atoms with Crippen LogP contribution in [0.5, 0.6) is 0 Å². The predicted molar refractivity (Wildman–Crippen MR) is 90.6 cm³/mol. The highest BCUT2D eigenvalue weighted by molar-refractivity contribution is 6.16. The fraction of sp³-hybridized carbons (Fsp3) is 0.421. The molecular formula is C19H24O5. The normalized spacial score (nSPS) is 12.4. The van der Waals surface area contributed by atoms with Gasteiger partial charge in [-0.2, -0.15) is 0 Å². The van der Waals surface area contributed by atoms with Crippen molar-refractivity contribution in [1.29, 1.82) is 0 Å². The van der Waals surface area contributed by atoms with Crippen LogP contribution in [0.4, 0.5) is 0 Å². The van der Waals surface area contributed by atoms with Crippen LogP contribution in [-0.2, 0) is 19.1 Å². The minimum absolute atomic E-state index is 0.0844. The number of rotatable bonds is 9. The molecule has 0 aromatic heterocycles. The third-order valence-corrected chi connectivity index (χ3v) is 3.34. The molecule has 1 unspecified atom stereocenters. The van der Waals surface area contributed by atoms with Gasteiger partial charge in [0.15, 0.2) is 5.78 Å². The molecule has 0 radical (unpaired) electrons. The average Bonchev–Trinajstić information content (AvgIpc) is 2.57. The van der Waals surface area contributed by atoms with Gasteiger partial charge in [-0.25, -0.2) is 9.59 Å². The van der Waals surface area contributed by atoms with Crippen molar-refractivity contribution in [3.63, 3.8) is 0 Å². The molecule has 0 spiro atoms. The third kappa shape index (κ3) is 6.36. The van der Waals surface area contributed by atoms with Crippen molar-refractivity contribution in [3.8, 4) is 0 Å². The number of hydrogen-bond acceptors (Lipinski definition) is 5. The molecule has 0 amide bonds. The van der Waals surface area contributed by atoms with E-state index in [1.165, 1.54) is 13.0 Å². The van der Waals surface area contributed by atoms with E-state index in [1.54, 1.807) is 37.3 Å². The van der Waals surface area contributed by atoms with Gasteiger partial charge >= 0.3 is 11.9 Å². The second-order valence-corrected chi connectivity index (χ2v) is 5.31. The molecule has 0 aliphatic rings. The first-order chi connectivity index (χ1) is 11.5. The summed E-state index contributed by atoms with van der Waals surface area (Å²) in [5, 5.41) is 0. The van der Waals surface area contributed by atoms with Crippen LogP contribution in [0, 0.1) is 0 Å². The first-order valence-corrected chi connectivity index (χ1v) is 8.15. The van der Waals surface area contributed by atoms with E-state index < -0.39 is 23.8 Å². The summed E-state index contributed by atoms with van der Waals surface area (Å²) < 4.78 is 10.4. The predicted octanol–water partition coefficient (Wildman–Crippen LogP) is 3.48. The number of Topliss-reactive ketones (excluding diaryl/α,β-unsaturated/α-hetero) is 1. The van der Waals surface area contributed by atoms with Crippen molar-refractivity contribution in [2.24, 2.45) is 0 Å². The van der Waals surface area contributed by atoms with E-state index in [9.17, 15) is 14.4 Å². The van der Waals surface area contributed by atoms with Gasteiger partial charge in [0, 0.05) is 0 Å². The fourth-order valence-electron chi connectivity index (χ4n) is 2.09. The highest BCUT2D eigenvalue weighted by Gasteiger charge is 2.21. The zero-order valence-corrected chi connectivity index (χ0v) is 14.4. The minimum atomic E-state index is -0.692. The molecule has 0 aliphatic heterocycles. The Bertz CT molecular complexity index is 589. The summed E-state index contributed by atoms with van der Waals surface area (Å²) in [6.45, 7) is 5.14. The van der Waals surface area contributed by atoms with Crippen LogP contribution in [0.3, 0.4) is 0 Å². The first-order valence-electron chi connectivity index (χ1n) is 8.15. The van der Waals surface area contributed by atoms with Gasteiger partial charge in [-0.3, -0.25) is 4.79 Å². The van der Waals surface area contributed by atoms with Crippen LogP contribution in [0.1, 0.15) is 50.4 Å². The van der Waals surface area contributed by atoms with Gasteiger partial charge in [0.2, 0.25) is 0 Å². The van der Waals surface area contributed by atoms with Crippen LogP contribution in [-0.4, -0.2) is 30.4 Å². The van der Waals surface area contributed by atoms with Crippen LogP contribution in [0.25, 0.3) is 0 Å². The van der Waals surface area contributed by atoms with Gasteiger partial charge in [-0.05, 0) is 44.9 Å². The van der Waals surface area contributed by atoms with E-state index in [2.05, 4.69) is 0 Å². The van der Waals surface area contributed by atoms with E-state index in [0.29, 0.717) is 12.0 Å². The lowest BCUT2D eigenvalue weighted by Gasteiger charge is -2.15. The van der Waals surface area contributed by atoms with E-state index in [1.807, 2.05) is 6.92 Å². The number of hydrogen-bond donors (Lipinski definition) is 0. The molecule has 0 saturated carbocycles. The molecule has 1 aromatic carbocycles. The van der Waals surface area contributed by atoms with Crippen molar-refractivity contribution in [2.45, 2.75) is 46.1 Å². The Morgan fingerprint density at radius 3 is 2.33 bits per heavy atom. The third-order valence-electron chi connectivity index (χ3n) is 3.34. The topological polar surface area (TPSA) is 69.7 Å². The number of unbranched alkanes of at least 4 members (excludes halogenated alkanes) is 1. The zero-order valence-electron chi connectivity index (χ0n) is 14.4. The molecular weight excluding hydrogens is 308 g/mol. The molecule has 130 valence electrons. The minimum Gasteiger partial charge on any atom is -0.462 e. The van der Waals surface area contributed by atoms with E-state index in [0.717, 1.165) is 12.8 Å². The standard InChI is InChI=1S/C19H24O5/c1-4-6-12-16(13-17(14(3)20)19(22)23-5-2)24-18(21)15-10-8-7-9-11-15/h7-11,13,16H,4-6,12H2,1-3H3/b17-13-. The largest absolute Gasteiger partial charge is 0.462 e. The van der Waals surface area contributed by atoms with Crippen LogP contribution >= 0.6 is 0 Å². The maximum Gasteiger partial charge on any atom is 0.341 e. The van der Waals surface area contributed by atoms with E-state index in [4.69, 9.17) is 9.47 Å². The molecule has 1 rings (SSSR count). The fourth-order valence-corrected chi connectivity index (χ4v) is 2.09. The Labute approximate surface area is 142 Å². The van der Waals surface area contributed by atoms with Crippen molar-refractivity contribution >= 4 is 17.7 Å². The summed E-state index contributed by atoms with van der Waals surface area (Å²) in [7, 11) is 0. The van der Waals surface area contributed by atoms with Crippen LogP contribution in [0.2, 0.25) is 0 Å². The van der Waals surface area contributed by atoms with Gasteiger partial charge in [0.1, 0.15) is 11.7 Å². The molecule has 0 heterocycles. The van der Waals surface area contributed by atoms with Gasteiger partial charge in [0.25, 0.3) is 0 Å². The first kappa shape index (κ1) is 19.6.